The Balaban J connectivity index is 2.45. The maximum Gasteiger partial charge on any atom is 0.131 e. The van der Waals surface area contributed by atoms with E-state index in [-0.39, 0.29) is 22.3 Å². The molecule has 3 rings (SSSR count). The lowest BCUT2D eigenvalue weighted by Crippen LogP contribution is -2.20. The van der Waals surface area contributed by atoms with Crippen molar-refractivity contribution in [3.8, 4) is 11.1 Å². The molecule has 0 fully saturated rings. The van der Waals surface area contributed by atoms with E-state index in [2.05, 4.69) is 0 Å². The fourth-order valence-corrected chi connectivity index (χ4v) is 2.71. The lowest BCUT2D eigenvalue weighted by Gasteiger charge is -2.30. The molecule has 0 aliphatic heterocycles. The van der Waals surface area contributed by atoms with Gasteiger partial charge in [-0.05, 0) is 35.7 Å². The zero-order valence-electron chi connectivity index (χ0n) is 10.2. The number of rotatable bonds is 0. The van der Waals surface area contributed by atoms with Crippen LogP contribution in [0.15, 0.2) is 30.3 Å². The molecule has 2 atom stereocenters. The van der Waals surface area contributed by atoms with Gasteiger partial charge in [-0.3, -0.25) is 0 Å². The van der Waals surface area contributed by atoms with Crippen molar-refractivity contribution < 1.29 is 19.0 Å². The second-order valence-electron chi connectivity index (χ2n) is 4.75. The summed E-state index contributed by atoms with van der Waals surface area (Å²) in [6.07, 6.45) is -2.50. The minimum absolute atomic E-state index is 0.0384. The van der Waals surface area contributed by atoms with Crippen LogP contribution >= 0.6 is 0 Å². The van der Waals surface area contributed by atoms with Crippen molar-refractivity contribution in [3.05, 3.63) is 58.7 Å². The zero-order valence-corrected chi connectivity index (χ0v) is 10.2. The number of halogens is 2. The van der Waals surface area contributed by atoms with Gasteiger partial charge in [-0.15, -0.1) is 0 Å². The van der Waals surface area contributed by atoms with E-state index in [1.165, 1.54) is 30.3 Å². The molecule has 0 radical (unpaired) electrons. The van der Waals surface area contributed by atoms with Crippen LogP contribution in [0.5, 0.6) is 0 Å². The first-order valence-corrected chi connectivity index (χ1v) is 5.96. The third-order valence-corrected chi connectivity index (χ3v) is 3.62. The van der Waals surface area contributed by atoms with Gasteiger partial charge in [0.05, 0.1) is 0 Å². The topological polar surface area (TPSA) is 40.5 Å². The smallest absolute Gasteiger partial charge is 0.131 e. The van der Waals surface area contributed by atoms with E-state index >= 15 is 0 Å². The Morgan fingerprint density at radius 1 is 0.895 bits per heavy atom. The normalized spacial score (nSPS) is 20.9. The van der Waals surface area contributed by atoms with Gasteiger partial charge in [0.25, 0.3) is 0 Å². The molecule has 0 saturated carbocycles. The molecule has 0 heterocycles. The molecular formula is C15H12F2O2. The van der Waals surface area contributed by atoms with Gasteiger partial charge in [0.2, 0.25) is 0 Å². The molecule has 0 aromatic heterocycles. The van der Waals surface area contributed by atoms with Crippen molar-refractivity contribution >= 4 is 0 Å². The van der Waals surface area contributed by atoms with Crippen molar-refractivity contribution in [3.63, 3.8) is 0 Å². The number of aryl methyl sites for hydroxylation is 1. The molecule has 4 heteroatoms. The first-order valence-electron chi connectivity index (χ1n) is 5.96. The van der Waals surface area contributed by atoms with E-state index in [1.807, 2.05) is 0 Å². The summed E-state index contributed by atoms with van der Waals surface area (Å²) < 4.78 is 28.1. The molecule has 98 valence electrons. The molecule has 1 aliphatic rings. The number of hydrogen-bond donors (Lipinski definition) is 2. The minimum Gasteiger partial charge on any atom is -0.385 e. The van der Waals surface area contributed by atoms with Gasteiger partial charge in [0.15, 0.2) is 0 Å². The Morgan fingerprint density at radius 2 is 1.58 bits per heavy atom. The summed E-state index contributed by atoms with van der Waals surface area (Å²) in [4.78, 5) is 0. The highest BCUT2D eigenvalue weighted by atomic mass is 19.1. The Hall–Kier alpha value is -1.78. The highest BCUT2D eigenvalue weighted by Crippen LogP contribution is 2.47. The largest absolute Gasteiger partial charge is 0.385 e. The molecule has 2 aromatic carbocycles. The van der Waals surface area contributed by atoms with Crippen LogP contribution in [0.3, 0.4) is 0 Å². The average Bonchev–Trinajstić information content (AvgIpc) is 2.39. The number of benzene rings is 2. The van der Waals surface area contributed by atoms with Crippen molar-refractivity contribution in [1.82, 2.24) is 0 Å². The Morgan fingerprint density at radius 3 is 2.32 bits per heavy atom. The number of aliphatic hydroxyl groups excluding tert-OH is 2. The summed E-state index contributed by atoms with van der Waals surface area (Å²) >= 11 is 0. The van der Waals surface area contributed by atoms with Crippen LogP contribution < -0.4 is 0 Å². The Labute approximate surface area is 108 Å². The molecule has 0 bridgehead atoms. The number of hydrogen-bond acceptors (Lipinski definition) is 2. The number of fused-ring (bicyclic) bond motifs is 3. The van der Waals surface area contributed by atoms with Crippen molar-refractivity contribution in [2.45, 2.75) is 19.1 Å². The maximum atomic E-state index is 14.1. The third kappa shape index (κ3) is 1.60. The molecule has 2 nitrogen and oxygen atoms in total. The predicted octanol–water partition coefficient (Wildman–Crippen LogP) is 3.02. The Bertz CT molecular complexity index is 667. The first kappa shape index (κ1) is 12.3. The van der Waals surface area contributed by atoms with Gasteiger partial charge < -0.3 is 10.2 Å². The third-order valence-electron chi connectivity index (χ3n) is 3.62. The summed E-state index contributed by atoms with van der Waals surface area (Å²) in [5.41, 5.74) is 1.17. The summed E-state index contributed by atoms with van der Waals surface area (Å²) in [5.74, 6) is -1.20. The fraction of sp³-hybridized carbons (Fsp3) is 0.200. The van der Waals surface area contributed by atoms with Gasteiger partial charge in [-0.2, -0.15) is 0 Å². The van der Waals surface area contributed by atoms with E-state index in [1.54, 1.807) is 6.92 Å². The minimum atomic E-state index is -1.25. The molecule has 19 heavy (non-hydrogen) atoms. The quantitative estimate of drug-likeness (QED) is 0.766. The van der Waals surface area contributed by atoms with E-state index in [9.17, 15) is 19.0 Å². The fourth-order valence-electron chi connectivity index (χ4n) is 2.71. The second-order valence-corrected chi connectivity index (χ2v) is 4.75. The monoisotopic (exact) mass is 262 g/mol. The summed E-state index contributed by atoms with van der Waals surface area (Å²) in [7, 11) is 0. The van der Waals surface area contributed by atoms with E-state index < -0.39 is 23.8 Å². The summed E-state index contributed by atoms with van der Waals surface area (Å²) in [5, 5.41) is 20.2. The van der Waals surface area contributed by atoms with Gasteiger partial charge >= 0.3 is 0 Å². The lowest BCUT2D eigenvalue weighted by molar-refractivity contribution is 0.0149. The highest BCUT2D eigenvalue weighted by molar-refractivity contribution is 5.76. The van der Waals surface area contributed by atoms with Gasteiger partial charge in [-0.25, -0.2) is 8.78 Å². The molecule has 2 aromatic rings. The van der Waals surface area contributed by atoms with E-state index in [0.717, 1.165) is 0 Å². The SMILES string of the molecule is Cc1ccc(F)c2c1[C@@H](O)[C@@H](O)c1cccc(F)c1-2. The summed E-state index contributed by atoms with van der Waals surface area (Å²) in [6, 6.07) is 6.90. The average molecular weight is 262 g/mol. The molecular weight excluding hydrogens is 250 g/mol. The second kappa shape index (κ2) is 4.11. The first-order chi connectivity index (χ1) is 9.02. The highest BCUT2D eigenvalue weighted by Gasteiger charge is 2.35. The van der Waals surface area contributed by atoms with E-state index in [4.69, 9.17) is 0 Å². The molecule has 0 saturated heterocycles. The standard InChI is InChI=1S/C15H12F2O2/c1-7-5-6-10(17)13-11(7)15(19)14(18)8-3-2-4-9(16)12(8)13/h2-6,14-15,18-19H,1H3/t14-,15+/m0/s1. The van der Waals surface area contributed by atoms with Crippen LogP contribution in [0.25, 0.3) is 11.1 Å². The van der Waals surface area contributed by atoms with Crippen molar-refractivity contribution in [2.75, 3.05) is 0 Å². The van der Waals surface area contributed by atoms with Crippen LogP contribution in [0, 0.1) is 18.6 Å². The van der Waals surface area contributed by atoms with Crippen molar-refractivity contribution in [1.29, 1.82) is 0 Å². The van der Waals surface area contributed by atoms with Gasteiger partial charge in [-0.1, -0.05) is 18.2 Å². The maximum absolute atomic E-state index is 14.1. The molecule has 0 unspecified atom stereocenters. The molecule has 0 spiro atoms. The van der Waals surface area contributed by atoms with Gasteiger partial charge in [0, 0.05) is 11.1 Å². The van der Waals surface area contributed by atoms with Crippen molar-refractivity contribution in [2.24, 2.45) is 0 Å². The Kier molecular flexibility index (Phi) is 2.66. The molecule has 1 aliphatic carbocycles. The van der Waals surface area contributed by atoms with E-state index in [0.29, 0.717) is 5.56 Å². The summed E-state index contributed by atoms with van der Waals surface area (Å²) in [6.45, 7) is 1.69. The molecule has 0 amide bonds. The van der Waals surface area contributed by atoms with Gasteiger partial charge in [0.1, 0.15) is 23.8 Å². The zero-order chi connectivity index (χ0) is 13.7. The van der Waals surface area contributed by atoms with Crippen LogP contribution in [-0.4, -0.2) is 10.2 Å². The van der Waals surface area contributed by atoms with Crippen LogP contribution in [-0.2, 0) is 0 Å². The predicted molar refractivity (Wildman–Crippen MR) is 66.5 cm³/mol. The van der Waals surface area contributed by atoms with Crippen LogP contribution in [0.4, 0.5) is 8.78 Å². The number of aliphatic hydroxyl groups is 2. The van der Waals surface area contributed by atoms with Crippen LogP contribution in [0.2, 0.25) is 0 Å². The lowest BCUT2D eigenvalue weighted by atomic mass is 9.79. The molecule has 2 N–H and O–H groups in total. The van der Waals surface area contributed by atoms with Crippen LogP contribution in [0.1, 0.15) is 28.9 Å².